The lowest BCUT2D eigenvalue weighted by atomic mass is 10.2. The molecule has 3 N–H and O–H groups in total. The summed E-state index contributed by atoms with van der Waals surface area (Å²) in [6.07, 6.45) is 3.05. The molecule has 0 aliphatic heterocycles. The maximum Gasteiger partial charge on any atom is 0.134 e. The maximum atomic E-state index is 9.15. The summed E-state index contributed by atoms with van der Waals surface area (Å²) < 4.78 is 0. The summed E-state index contributed by atoms with van der Waals surface area (Å²) in [5.41, 5.74) is 1.03. The van der Waals surface area contributed by atoms with Gasteiger partial charge in [-0.25, -0.2) is 9.97 Å². The minimum absolute atomic E-state index is 0.236. The van der Waals surface area contributed by atoms with E-state index in [4.69, 9.17) is 5.11 Å². The minimum Gasteiger partial charge on any atom is -0.393 e. The van der Waals surface area contributed by atoms with E-state index in [1.807, 2.05) is 13.8 Å². The summed E-state index contributed by atoms with van der Waals surface area (Å²) in [4.78, 5) is 8.40. The molecule has 0 amide bonds. The number of rotatable bonds is 7. The number of anilines is 2. The molecule has 1 rings (SSSR count). The van der Waals surface area contributed by atoms with Crippen molar-refractivity contribution < 1.29 is 5.11 Å². The number of hydrogen-bond donors (Lipinski definition) is 3. The zero-order chi connectivity index (χ0) is 12.7. The number of nitrogens with one attached hydrogen (secondary N) is 2. The highest BCUT2D eigenvalue weighted by molar-refractivity contribution is 5.56. The van der Waals surface area contributed by atoms with Crippen LogP contribution >= 0.6 is 0 Å². The van der Waals surface area contributed by atoms with Crippen molar-refractivity contribution in [2.45, 2.75) is 39.7 Å². The van der Waals surface area contributed by atoms with Gasteiger partial charge >= 0.3 is 0 Å². The van der Waals surface area contributed by atoms with Crippen LogP contribution in [0.1, 0.15) is 32.3 Å². The Kier molecular flexibility index (Phi) is 5.69. The summed E-state index contributed by atoms with van der Waals surface area (Å²) in [5.74, 6) is 1.74. The largest absolute Gasteiger partial charge is 0.393 e. The van der Waals surface area contributed by atoms with Gasteiger partial charge in [-0.05, 0) is 33.6 Å². The van der Waals surface area contributed by atoms with Crippen molar-refractivity contribution >= 4 is 11.6 Å². The molecule has 5 nitrogen and oxygen atoms in total. The first kappa shape index (κ1) is 13.7. The van der Waals surface area contributed by atoms with Gasteiger partial charge in [0.05, 0.1) is 6.10 Å². The SMILES string of the molecule is CCNc1ncnc(NCCCC(C)O)c1C. The molecule has 1 heterocycles. The topological polar surface area (TPSA) is 70.1 Å². The van der Waals surface area contributed by atoms with Gasteiger partial charge < -0.3 is 15.7 Å². The molecule has 0 aromatic carbocycles. The van der Waals surface area contributed by atoms with E-state index in [0.29, 0.717) is 0 Å². The van der Waals surface area contributed by atoms with Crippen LogP contribution in [0.25, 0.3) is 0 Å². The molecule has 96 valence electrons. The van der Waals surface area contributed by atoms with Crippen molar-refractivity contribution in [3.05, 3.63) is 11.9 Å². The van der Waals surface area contributed by atoms with E-state index in [1.54, 1.807) is 13.3 Å². The van der Waals surface area contributed by atoms with Gasteiger partial charge in [-0.3, -0.25) is 0 Å². The third kappa shape index (κ3) is 4.56. The Labute approximate surface area is 103 Å². The molecule has 0 aliphatic carbocycles. The quantitative estimate of drug-likeness (QED) is 0.632. The van der Waals surface area contributed by atoms with Crippen LogP contribution in [-0.2, 0) is 0 Å². The first-order valence-corrected chi connectivity index (χ1v) is 6.12. The molecule has 0 saturated heterocycles. The number of nitrogens with zero attached hydrogens (tertiary/aromatic N) is 2. The van der Waals surface area contributed by atoms with Gasteiger partial charge in [-0.2, -0.15) is 0 Å². The molecular weight excluding hydrogens is 216 g/mol. The molecule has 1 unspecified atom stereocenters. The first-order valence-electron chi connectivity index (χ1n) is 6.12. The monoisotopic (exact) mass is 238 g/mol. The molecule has 1 aromatic heterocycles. The zero-order valence-corrected chi connectivity index (χ0v) is 10.8. The molecule has 0 saturated carbocycles. The lowest BCUT2D eigenvalue weighted by Crippen LogP contribution is -2.10. The van der Waals surface area contributed by atoms with Crippen molar-refractivity contribution in [3.8, 4) is 0 Å². The standard InChI is InChI=1S/C12H22N4O/c1-4-13-11-10(3)12(16-8-15-11)14-7-5-6-9(2)17/h8-9,17H,4-7H2,1-3H3,(H2,13,14,15,16). The van der Waals surface area contributed by atoms with Crippen LogP contribution < -0.4 is 10.6 Å². The fourth-order valence-corrected chi connectivity index (χ4v) is 1.58. The van der Waals surface area contributed by atoms with Crippen LogP contribution in [0.3, 0.4) is 0 Å². The molecule has 0 bridgehead atoms. The smallest absolute Gasteiger partial charge is 0.134 e. The molecule has 0 radical (unpaired) electrons. The summed E-state index contributed by atoms with van der Waals surface area (Å²) in [7, 11) is 0. The van der Waals surface area contributed by atoms with Gasteiger partial charge in [-0.15, -0.1) is 0 Å². The van der Waals surface area contributed by atoms with Gasteiger partial charge in [0.2, 0.25) is 0 Å². The van der Waals surface area contributed by atoms with Crippen LogP contribution in [0.4, 0.5) is 11.6 Å². The van der Waals surface area contributed by atoms with Crippen molar-refractivity contribution in [3.63, 3.8) is 0 Å². The van der Waals surface area contributed by atoms with Crippen LogP contribution in [0.2, 0.25) is 0 Å². The maximum absolute atomic E-state index is 9.15. The van der Waals surface area contributed by atoms with Gasteiger partial charge in [-0.1, -0.05) is 0 Å². The van der Waals surface area contributed by atoms with Crippen LogP contribution in [0.15, 0.2) is 6.33 Å². The first-order chi connectivity index (χ1) is 8.15. The summed E-state index contributed by atoms with van der Waals surface area (Å²) in [5, 5.41) is 15.6. The molecule has 1 aromatic rings. The average Bonchev–Trinajstić information content (AvgIpc) is 2.29. The van der Waals surface area contributed by atoms with Crippen molar-refractivity contribution in [1.29, 1.82) is 0 Å². The summed E-state index contributed by atoms with van der Waals surface area (Å²) in [6, 6.07) is 0. The number of aliphatic hydroxyl groups excluding tert-OH is 1. The normalized spacial score (nSPS) is 12.2. The van der Waals surface area contributed by atoms with E-state index >= 15 is 0 Å². The molecule has 0 aliphatic rings. The third-order valence-electron chi connectivity index (χ3n) is 2.52. The predicted molar refractivity (Wildman–Crippen MR) is 70.3 cm³/mol. The van der Waals surface area contributed by atoms with Crippen molar-refractivity contribution in [1.82, 2.24) is 9.97 Å². The van der Waals surface area contributed by atoms with Crippen LogP contribution in [0, 0.1) is 6.92 Å². The molecule has 1 atom stereocenters. The highest BCUT2D eigenvalue weighted by Crippen LogP contribution is 2.17. The second-order valence-corrected chi connectivity index (χ2v) is 4.14. The highest BCUT2D eigenvalue weighted by atomic mass is 16.3. The second kappa shape index (κ2) is 7.06. The zero-order valence-electron chi connectivity index (χ0n) is 10.8. The van der Waals surface area contributed by atoms with Crippen LogP contribution in [-0.4, -0.2) is 34.3 Å². The van der Waals surface area contributed by atoms with Gasteiger partial charge in [0.15, 0.2) is 0 Å². The predicted octanol–water partition coefficient (Wildman–Crippen LogP) is 1.79. The Morgan fingerprint density at radius 2 is 1.94 bits per heavy atom. The summed E-state index contributed by atoms with van der Waals surface area (Å²) in [6.45, 7) is 7.50. The van der Waals surface area contributed by atoms with E-state index in [0.717, 1.165) is 43.1 Å². The Morgan fingerprint density at radius 1 is 1.29 bits per heavy atom. The van der Waals surface area contributed by atoms with Crippen molar-refractivity contribution in [2.24, 2.45) is 0 Å². The molecule has 0 spiro atoms. The number of hydrogen-bond acceptors (Lipinski definition) is 5. The lowest BCUT2D eigenvalue weighted by molar-refractivity contribution is 0.183. The van der Waals surface area contributed by atoms with Crippen LogP contribution in [0.5, 0.6) is 0 Å². The Balaban J connectivity index is 2.50. The second-order valence-electron chi connectivity index (χ2n) is 4.14. The average molecular weight is 238 g/mol. The molecule has 17 heavy (non-hydrogen) atoms. The minimum atomic E-state index is -0.236. The van der Waals surface area contributed by atoms with E-state index in [9.17, 15) is 0 Å². The Bertz CT molecular complexity index is 341. The Morgan fingerprint density at radius 3 is 2.53 bits per heavy atom. The molecular formula is C12H22N4O. The van der Waals surface area contributed by atoms with E-state index in [2.05, 4.69) is 20.6 Å². The molecule has 5 heteroatoms. The van der Waals surface area contributed by atoms with E-state index in [1.165, 1.54) is 0 Å². The third-order valence-corrected chi connectivity index (χ3v) is 2.52. The highest BCUT2D eigenvalue weighted by Gasteiger charge is 2.05. The fourth-order valence-electron chi connectivity index (χ4n) is 1.58. The van der Waals surface area contributed by atoms with Gasteiger partial charge in [0.1, 0.15) is 18.0 Å². The van der Waals surface area contributed by atoms with Crippen molar-refractivity contribution in [2.75, 3.05) is 23.7 Å². The molecule has 0 fully saturated rings. The van der Waals surface area contributed by atoms with Gasteiger partial charge in [0.25, 0.3) is 0 Å². The lowest BCUT2D eigenvalue weighted by Gasteiger charge is -2.12. The van der Waals surface area contributed by atoms with E-state index in [-0.39, 0.29) is 6.10 Å². The van der Waals surface area contributed by atoms with Gasteiger partial charge in [0, 0.05) is 18.7 Å². The van der Waals surface area contributed by atoms with E-state index < -0.39 is 0 Å². The summed E-state index contributed by atoms with van der Waals surface area (Å²) >= 11 is 0. The number of aromatic nitrogens is 2. The fraction of sp³-hybridized carbons (Fsp3) is 0.667. The number of aliphatic hydroxyl groups is 1. The Hall–Kier alpha value is -1.36.